The third-order valence-corrected chi connectivity index (χ3v) is 3.88. The van der Waals surface area contributed by atoms with E-state index in [9.17, 15) is 19.2 Å². The minimum Gasteiger partial charge on any atom is -0.492 e. The molecule has 9 heteroatoms. The number of nitrogens with zero attached hydrogens (tertiary/aromatic N) is 1. The molecule has 27 heavy (non-hydrogen) atoms. The van der Waals surface area contributed by atoms with Gasteiger partial charge in [-0.05, 0) is 32.9 Å². The number of anilines is 1. The Hall–Kier alpha value is -3.10. The maximum atomic E-state index is 12.4. The van der Waals surface area contributed by atoms with Crippen molar-refractivity contribution in [1.29, 1.82) is 0 Å². The van der Waals surface area contributed by atoms with E-state index in [2.05, 4.69) is 16.2 Å². The molecule has 9 nitrogen and oxygen atoms in total. The maximum absolute atomic E-state index is 12.4. The van der Waals surface area contributed by atoms with Crippen LogP contribution in [0, 0.1) is 5.92 Å². The van der Waals surface area contributed by atoms with Crippen LogP contribution in [0.15, 0.2) is 24.3 Å². The summed E-state index contributed by atoms with van der Waals surface area (Å²) in [6, 6.07) is 6.89. The highest BCUT2D eigenvalue weighted by atomic mass is 16.5. The Morgan fingerprint density at radius 1 is 1.19 bits per heavy atom. The first-order chi connectivity index (χ1) is 12.8. The van der Waals surface area contributed by atoms with Crippen molar-refractivity contribution in [3.8, 4) is 5.75 Å². The molecular formula is C18H24N4O5. The number of nitrogens with one attached hydrogen (secondary N) is 3. The van der Waals surface area contributed by atoms with E-state index in [1.54, 1.807) is 38.1 Å². The summed E-state index contributed by atoms with van der Waals surface area (Å²) in [5.41, 5.74) is 4.86. The molecule has 1 aromatic carbocycles. The molecule has 1 aromatic rings. The number of hydrogen-bond acceptors (Lipinski definition) is 5. The Morgan fingerprint density at radius 2 is 1.89 bits per heavy atom. The second kappa shape index (κ2) is 9.02. The lowest BCUT2D eigenvalue weighted by atomic mass is 10.1. The molecule has 0 unspecified atom stereocenters. The molecule has 1 aliphatic heterocycles. The second-order valence-electron chi connectivity index (χ2n) is 6.38. The summed E-state index contributed by atoms with van der Waals surface area (Å²) in [7, 11) is 0. The van der Waals surface area contributed by atoms with E-state index in [1.807, 2.05) is 6.92 Å². The van der Waals surface area contributed by atoms with Gasteiger partial charge in [-0.3, -0.25) is 30.0 Å². The monoisotopic (exact) mass is 376 g/mol. The summed E-state index contributed by atoms with van der Waals surface area (Å²) in [5.74, 6) is -2.66. The number of amides is 4. The first-order valence-electron chi connectivity index (χ1n) is 8.76. The zero-order chi connectivity index (χ0) is 20.0. The van der Waals surface area contributed by atoms with Gasteiger partial charge in [0.25, 0.3) is 0 Å². The van der Waals surface area contributed by atoms with Crippen LogP contribution in [0.25, 0.3) is 0 Å². The third kappa shape index (κ3) is 5.19. The van der Waals surface area contributed by atoms with Crippen LogP contribution in [0.1, 0.15) is 27.2 Å². The smallest absolute Gasteiger partial charge is 0.327 e. The second-order valence-corrected chi connectivity index (χ2v) is 6.38. The Kier molecular flexibility index (Phi) is 6.75. The predicted octanol–water partition coefficient (Wildman–Crippen LogP) is 0.110. The molecule has 0 saturated carbocycles. The van der Waals surface area contributed by atoms with Gasteiger partial charge in [0.1, 0.15) is 5.75 Å². The summed E-state index contributed by atoms with van der Waals surface area (Å²) in [5, 5.41) is 2.41. The van der Waals surface area contributed by atoms with Gasteiger partial charge < -0.3 is 15.0 Å². The van der Waals surface area contributed by atoms with Crippen molar-refractivity contribution in [1.82, 2.24) is 16.2 Å². The Balaban J connectivity index is 1.96. The quantitative estimate of drug-likeness (QED) is 0.498. The van der Waals surface area contributed by atoms with Crippen molar-refractivity contribution in [3.63, 3.8) is 0 Å². The molecule has 146 valence electrons. The lowest BCUT2D eigenvalue weighted by Crippen LogP contribution is -2.51. The molecule has 1 aliphatic rings. The molecule has 4 amide bonds. The number of carbonyl (C=O) groups excluding carboxylic acids is 4. The first-order valence-corrected chi connectivity index (χ1v) is 8.76. The van der Waals surface area contributed by atoms with Crippen molar-refractivity contribution < 1.29 is 23.9 Å². The van der Waals surface area contributed by atoms with Gasteiger partial charge in [0, 0.05) is 19.0 Å². The molecule has 0 radical (unpaired) electrons. The van der Waals surface area contributed by atoms with E-state index in [4.69, 9.17) is 4.74 Å². The Labute approximate surface area is 157 Å². The lowest BCUT2D eigenvalue weighted by molar-refractivity contribution is -0.141. The standard InChI is InChI=1S/C18H24N4O5/c1-4-27-14-8-6-5-7-13(14)22-10-12(9-15(22)23)16(24)20-21-18(26)17(25)19-11(2)3/h5-8,11-12H,4,9-10H2,1-3H3,(H,19,25)(H,20,24)(H,21,26)/t12-/m0/s1. The fraction of sp³-hybridized carbons (Fsp3) is 0.444. The van der Waals surface area contributed by atoms with Crippen LogP contribution in [0.4, 0.5) is 5.69 Å². The highest BCUT2D eigenvalue weighted by Gasteiger charge is 2.36. The van der Waals surface area contributed by atoms with Crippen molar-refractivity contribution in [2.24, 2.45) is 5.92 Å². The van der Waals surface area contributed by atoms with Crippen LogP contribution in [0.2, 0.25) is 0 Å². The van der Waals surface area contributed by atoms with Gasteiger partial charge in [0.05, 0.1) is 18.2 Å². The molecule has 0 aromatic heterocycles. The molecule has 0 spiro atoms. The summed E-state index contributed by atoms with van der Waals surface area (Å²) in [6.45, 7) is 5.87. The first kappa shape index (κ1) is 20.2. The van der Waals surface area contributed by atoms with Crippen LogP contribution in [0.3, 0.4) is 0 Å². The van der Waals surface area contributed by atoms with Gasteiger partial charge >= 0.3 is 11.8 Å². The topological polar surface area (TPSA) is 117 Å². The van der Waals surface area contributed by atoms with Crippen LogP contribution in [-0.2, 0) is 19.2 Å². The summed E-state index contributed by atoms with van der Waals surface area (Å²) < 4.78 is 5.53. The highest BCUT2D eigenvalue weighted by molar-refractivity contribution is 6.35. The number of hydrogen-bond donors (Lipinski definition) is 3. The van der Waals surface area contributed by atoms with Crippen LogP contribution in [0.5, 0.6) is 5.75 Å². The molecule has 2 rings (SSSR count). The zero-order valence-corrected chi connectivity index (χ0v) is 15.6. The normalized spacial score (nSPS) is 16.2. The van der Waals surface area contributed by atoms with E-state index in [1.165, 1.54) is 4.90 Å². The van der Waals surface area contributed by atoms with Crippen molar-refractivity contribution in [2.75, 3.05) is 18.1 Å². The van der Waals surface area contributed by atoms with Crippen molar-refractivity contribution >= 4 is 29.3 Å². The predicted molar refractivity (Wildman–Crippen MR) is 97.6 cm³/mol. The molecule has 0 aliphatic carbocycles. The number of rotatable bonds is 5. The SMILES string of the molecule is CCOc1ccccc1N1C[C@@H](C(=O)NNC(=O)C(=O)NC(C)C)CC1=O. The van der Waals surface area contributed by atoms with E-state index in [-0.39, 0.29) is 24.9 Å². The van der Waals surface area contributed by atoms with Crippen LogP contribution >= 0.6 is 0 Å². The fourth-order valence-corrected chi connectivity index (χ4v) is 2.68. The van der Waals surface area contributed by atoms with E-state index >= 15 is 0 Å². The Morgan fingerprint density at radius 3 is 2.56 bits per heavy atom. The minimum absolute atomic E-state index is 0.000351. The minimum atomic E-state index is -0.972. The average Bonchev–Trinajstić information content (AvgIpc) is 3.01. The van der Waals surface area contributed by atoms with Crippen molar-refractivity contribution in [3.05, 3.63) is 24.3 Å². The van der Waals surface area contributed by atoms with Crippen LogP contribution < -0.4 is 25.8 Å². The molecule has 0 bridgehead atoms. The molecule has 1 saturated heterocycles. The molecule has 1 heterocycles. The summed E-state index contributed by atoms with van der Waals surface area (Å²) in [6.07, 6.45) is 0.000351. The average molecular weight is 376 g/mol. The lowest BCUT2D eigenvalue weighted by Gasteiger charge is -2.20. The molecule has 1 atom stereocenters. The highest BCUT2D eigenvalue weighted by Crippen LogP contribution is 2.32. The molecule has 1 fully saturated rings. The number of para-hydroxylation sites is 2. The van der Waals surface area contributed by atoms with Gasteiger partial charge in [0.15, 0.2) is 0 Å². The Bertz CT molecular complexity index is 734. The van der Waals surface area contributed by atoms with E-state index < -0.39 is 23.6 Å². The zero-order valence-electron chi connectivity index (χ0n) is 15.6. The van der Waals surface area contributed by atoms with Gasteiger partial charge in [-0.15, -0.1) is 0 Å². The summed E-state index contributed by atoms with van der Waals surface area (Å²) >= 11 is 0. The number of ether oxygens (including phenoxy) is 1. The maximum Gasteiger partial charge on any atom is 0.327 e. The number of carbonyl (C=O) groups is 4. The van der Waals surface area contributed by atoms with Crippen LogP contribution in [-0.4, -0.2) is 42.8 Å². The van der Waals surface area contributed by atoms with Gasteiger partial charge in [0.2, 0.25) is 11.8 Å². The third-order valence-electron chi connectivity index (χ3n) is 3.88. The van der Waals surface area contributed by atoms with Gasteiger partial charge in [-0.25, -0.2) is 0 Å². The largest absolute Gasteiger partial charge is 0.492 e. The molecular weight excluding hydrogens is 352 g/mol. The summed E-state index contributed by atoms with van der Waals surface area (Å²) in [4.78, 5) is 49.3. The molecule has 3 N–H and O–H groups in total. The van der Waals surface area contributed by atoms with Gasteiger partial charge in [-0.2, -0.15) is 0 Å². The fourth-order valence-electron chi connectivity index (χ4n) is 2.68. The van der Waals surface area contributed by atoms with E-state index in [0.717, 1.165) is 0 Å². The van der Waals surface area contributed by atoms with Crippen molar-refractivity contribution in [2.45, 2.75) is 33.2 Å². The number of hydrazine groups is 1. The van der Waals surface area contributed by atoms with Gasteiger partial charge in [-0.1, -0.05) is 12.1 Å². The number of benzene rings is 1. The van der Waals surface area contributed by atoms with E-state index in [0.29, 0.717) is 18.0 Å².